The van der Waals surface area contributed by atoms with Crippen molar-refractivity contribution in [2.75, 3.05) is 13.1 Å². The molecule has 1 aromatic heterocycles. The lowest BCUT2D eigenvalue weighted by molar-refractivity contribution is 0.116. The molecule has 8 heteroatoms. The van der Waals surface area contributed by atoms with E-state index < -0.39 is 22.2 Å². The molecule has 0 saturated carbocycles. The Bertz CT molecular complexity index is 1430. The van der Waals surface area contributed by atoms with Crippen LogP contribution >= 0.6 is 0 Å². The molecule has 0 fully saturated rings. The molecule has 3 aromatic carbocycles. The van der Waals surface area contributed by atoms with E-state index in [0.29, 0.717) is 23.9 Å². The highest BCUT2D eigenvalue weighted by Crippen LogP contribution is 2.23. The number of imidazole rings is 1. The van der Waals surface area contributed by atoms with Gasteiger partial charge in [-0.25, -0.2) is 13.4 Å². The quantitative estimate of drug-likeness (QED) is 0.276. The van der Waals surface area contributed by atoms with Crippen LogP contribution in [0.3, 0.4) is 0 Å². The van der Waals surface area contributed by atoms with Gasteiger partial charge in [-0.2, -0.15) is 4.31 Å². The molecule has 0 aliphatic rings. The van der Waals surface area contributed by atoms with Crippen LogP contribution in [0.25, 0.3) is 11.0 Å². The summed E-state index contributed by atoms with van der Waals surface area (Å²) in [6.45, 7) is 6.17. The summed E-state index contributed by atoms with van der Waals surface area (Å²) >= 11 is 0. The molecular weight excluding hydrogens is 484 g/mol. The van der Waals surface area contributed by atoms with Crippen LogP contribution in [0.5, 0.6) is 0 Å². The molecule has 0 saturated heterocycles. The van der Waals surface area contributed by atoms with Gasteiger partial charge >= 0.3 is 0 Å². The summed E-state index contributed by atoms with van der Waals surface area (Å²) in [7, 11) is -3.88. The van der Waals surface area contributed by atoms with E-state index in [-0.39, 0.29) is 23.9 Å². The summed E-state index contributed by atoms with van der Waals surface area (Å²) in [6.07, 6.45) is 0.0841. The number of H-pyrrole nitrogens is 1. The Morgan fingerprint density at radius 2 is 1.70 bits per heavy atom. The number of nitrogens with one attached hydrogen (secondary N) is 1. The number of aliphatic hydroxyl groups excluding tert-OH is 1. The first-order valence-corrected chi connectivity index (χ1v) is 14.1. The van der Waals surface area contributed by atoms with E-state index in [2.05, 4.69) is 29.0 Å². The Morgan fingerprint density at radius 3 is 2.41 bits per heavy atom. The van der Waals surface area contributed by atoms with Crippen LogP contribution in [0.4, 0.5) is 0 Å². The summed E-state index contributed by atoms with van der Waals surface area (Å²) in [5, 5.41) is 10.9. The minimum Gasteiger partial charge on any atom is -0.390 e. The van der Waals surface area contributed by atoms with E-state index in [1.165, 1.54) is 15.4 Å². The van der Waals surface area contributed by atoms with Crippen molar-refractivity contribution in [3.63, 3.8) is 0 Å². The minimum atomic E-state index is -3.88. The number of aliphatic hydroxyl groups is 1. The number of rotatable bonds is 11. The first kappa shape index (κ1) is 27.0. The number of hydrogen-bond donors (Lipinski definition) is 3. The largest absolute Gasteiger partial charge is 0.390 e. The van der Waals surface area contributed by atoms with Crippen LogP contribution in [0.15, 0.2) is 77.7 Å². The number of fused-ring (bicyclic) bond motifs is 1. The molecule has 0 aliphatic heterocycles. The lowest BCUT2D eigenvalue weighted by Crippen LogP contribution is -2.47. The number of aromatic amines is 1. The van der Waals surface area contributed by atoms with Gasteiger partial charge in [-0.1, -0.05) is 68.4 Å². The van der Waals surface area contributed by atoms with Crippen molar-refractivity contribution >= 4 is 21.1 Å². The number of nitrogens with zero attached hydrogens (tertiary/aromatic N) is 2. The molecule has 0 amide bonds. The van der Waals surface area contributed by atoms with Gasteiger partial charge in [0.2, 0.25) is 10.0 Å². The standard InChI is InChI=1S/C29H36N4O3S/c1-20(2)18-33(19-28(34)25(30)15-22-10-5-4-6-11-22)37(35,36)24-13-14-26-27(17-24)32-29(31-26)16-23-12-8-7-9-21(23)3/h4-14,17,20,25,28,34H,15-16,18-19,30H2,1-3H3,(H,31,32)/t25-,28+/m0/s1. The molecule has 0 radical (unpaired) electrons. The van der Waals surface area contributed by atoms with Gasteiger partial charge in [0, 0.05) is 25.6 Å². The lowest BCUT2D eigenvalue weighted by atomic mass is 10.0. The monoisotopic (exact) mass is 520 g/mol. The molecule has 7 nitrogen and oxygen atoms in total. The van der Waals surface area contributed by atoms with E-state index >= 15 is 0 Å². The van der Waals surface area contributed by atoms with Crippen molar-refractivity contribution < 1.29 is 13.5 Å². The van der Waals surface area contributed by atoms with E-state index in [4.69, 9.17) is 5.73 Å². The normalized spacial score (nSPS) is 13.9. The molecule has 0 aliphatic carbocycles. The van der Waals surface area contributed by atoms with Crippen molar-refractivity contribution in [2.24, 2.45) is 11.7 Å². The number of aryl methyl sites for hydroxylation is 1. The highest BCUT2D eigenvalue weighted by atomic mass is 32.2. The fourth-order valence-electron chi connectivity index (χ4n) is 4.47. The molecule has 1 heterocycles. The highest BCUT2D eigenvalue weighted by molar-refractivity contribution is 7.89. The summed E-state index contributed by atoms with van der Waals surface area (Å²) in [5.74, 6) is 0.851. The first-order chi connectivity index (χ1) is 17.6. The fraction of sp³-hybridized carbons (Fsp3) is 0.345. The Hall–Kier alpha value is -3.04. The van der Waals surface area contributed by atoms with Crippen LogP contribution in [0.1, 0.15) is 36.4 Å². The van der Waals surface area contributed by atoms with Crippen LogP contribution < -0.4 is 5.73 Å². The van der Waals surface area contributed by atoms with Crippen molar-refractivity contribution in [1.82, 2.24) is 14.3 Å². The summed E-state index contributed by atoms with van der Waals surface area (Å²) in [4.78, 5) is 8.11. The van der Waals surface area contributed by atoms with E-state index in [9.17, 15) is 13.5 Å². The van der Waals surface area contributed by atoms with E-state index in [1.807, 2.05) is 56.3 Å². The Labute approximate surface area is 219 Å². The minimum absolute atomic E-state index is 0.0731. The molecule has 4 rings (SSSR count). The second-order valence-corrected chi connectivity index (χ2v) is 12.0. The Morgan fingerprint density at radius 1 is 1.00 bits per heavy atom. The number of nitrogens with two attached hydrogens (primary N) is 1. The maximum atomic E-state index is 13.7. The molecule has 4 aromatic rings. The molecular formula is C29H36N4O3S. The van der Waals surface area contributed by atoms with Crippen molar-refractivity contribution in [3.05, 3.63) is 95.3 Å². The summed E-state index contributed by atoms with van der Waals surface area (Å²) in [6, 6.07) is 22.1. The van der Waals surface area contributed by atoms with Gasteiger partial charge in [-0.15, -0.1) is 0 Å². The van der Waals surface area contributed by atoms with E-state index in [0.717, 1.165) is 11.4 Å². The zero-order chi connectivity index (χ0) is 26.6. The molecule has 37 heavy (non-hydrogen) atoms. The predicted molar refractivity (Wildman–Crippen MR) is 148 cm³/mol. The molecule has 196 valence electrons. The third kappa shape index (κ3) is 6.64. The average Bonchev–Trinajstić information content (AvgIpc) is 3.27. The van der Waals surface area contributed by atoms with Gasteiger partial charge in [-0.3, -0.25) is 0 Å². The van der Waals surface area contributed by atoms with Crippen LogP contribution in [0.2, 0.25) is 0 Å². The number of sulfonamides is 1. The zero-order valence-electron chi connectivity index (χ0n) is 21.6. The average molecular weight is 521 g/mol. The molecule has 0 spiro atoms. The second-order valence-electron chi connectivity index (χ2n) is 10.1. The number of benzene rings is 3. The van der Waals surface area contributed by atoms with Gasteiger partial charge in [0.15, 0.2) is 0 Å². The van der Waals surface area contributed by atoms with Crippen LogP contribution in [-0.2, 0) is 22.9 Å². The lowest BCUT2D eigenvalue weighted by Gasteiger charge is -2.28. The number of aromatic nitrogens is 2. The maximum absolute atomic E-state index is 13.7. The number of hydrogen-bond acceptors (Lipinski definition) is 5. The summed E-state index contributed by atoms with van der Waals surface area (Å²) < 4.78 is 28.8. The molecule has 2 atom stereocenters. The van der Waals surface area contributed by atoms with Crippen LogP contribution in [-0.4, -0.2) is 53.0 Å². The molecule has 0 bridgehead atoms. The smallest absolute Gasteiger partial charge is 0.243 e. The third-order valence-corrected chi connectivity index (χ3v) is 8.35. The zero-order valence-corrected chi connectivity index (χ0v) is 22.4. The van der Waals surface area contributed by atoms with Gasteiger partial charge in [0.05, 0.1) is 22.0 Å². The maximum Gasteiger partial charge on any atom is 0.243 e. The Balaban J connectivity index is 1.55. The molecule has 4 N–H and O–H groups in total. The topological polar surface area (TPSA) is 112 Å². The van der Waals surface area contributed by atoms with E-state index in [1.54, 1.807) is 18.2 Å². The first-order valence-electron chi connectivity index (χ1n) is 12.6. The highest BCUT2D eigenvalue weighted by Gasteiger charge is 2.30. The molecule has 0 unspecified atom stereocenters. The van der Waals surface area contributed by atoms with Gasteiger partial charge < -0.3 is 15.8 Å². The summed E-state index contributed by atoms with van der Waals surface area (Å²) in [5.41, 5.74) is 11.0. The van der Waals surface area contributed by atoms with Crippen molar-refractivity contribution in [2.45, 2.75) is 50.7 Å². The Kier molecular flexibility index (Phi) is 8.44. The van der Waals surface area contributed by atoms with Crippen molar-refractivity contribution in [3.8, 4) is 0 Å². The van der Waals surface area contributed by atoms with Gasteiger partial charge in [0.25, 0.3) is 0 Å². The fourth-order valence-corrected chi connectivity index (χ4v) is 6.12. The third-order valence-electron chi connectivity index (χ3n) is 6.53. The van der Waals surface area contributed by atoms with Gasteiger partial charge in [0.1, 0.15) is 5.82 Å². The van der Waals surface area contributed by atoms with Gasteiger partial charge in [-0.05, 0) is 54.2 Å². The van der Waals surface area contributed by atoms with Crippen LogP contribution in [0, 0.1) is 12.8 Å². The van der Waals surface area contributed by atoms with Crippen molar-refractivity contribution in [1.29, 1.82) is 0 Å². The second kappa shape index (κ2) is 11.6. The predicted octanol–water partition coefficient (Wildman–Crippen LogP) is 4.04. The SMILES string of the molecule is Cc1ccccc1Cc1nc2ccc(S(=O)(=O)N(CC(C)C)C[C@@H](O)[C@@H](N)Cc3ccccc3)cc2[nH]1.